The van der Waals surface area contributed by atoms with Crippen LogP contribution < -0.4 is 5.32 Å². The second kappa shape index (κ2) is 9.74. The Morgan fingerprint density at radius 1 is 1.16 bits per heavy atom. The number of nitrogens with zero attached hydrogens (tertiary/aromatic N) is 3. The van der Waals surface area contributed by atoms with E-state index in [1.165, 1.54) is 15.9 Å². The molecule has 2 aliphatic heterocycles. The van der Waals surface area contributed by atoms with Gasteiger partial charge in [-0.2, -0.15) is 0 Å². The van der Waals surface area contributed by atoms with E-state index in [1.54, 1.807) is 24.3 Å². The quantitative estimate of drug-likeness (QED) is 0.599. The van der Waals surface area contributed by atoms with E-state index in [9.17, 15) is 28.3 Å². The second-order valence-electron chi connectivity index (χ2n) is 10.3. The van der Waals surface area contributed by atoms with Gasteiger partial charge in [-0.25, -0.2) is 13.6 Å². The Kier molecular flexibility index (Phi) is 6.98. The number of amides is 3. The van der Waals surface area contributed by atoms with E-state index in [0.29, 0.717) is 10.6 Å². The van der Waals surface area contributed by atoms with Crippen molar-refractivity contribution in [3.63, 3.8) is 0 Å². The number of piperidine rings is 1. The average molecular weight is 533 g/mol. The van der Waals surface area contributed by atoms with Crippen LogP contribution in [0.4, 0.5) is 19.3 Å². The van der Waals surface area contributed by atoms with Gasteiger partial charge < -0.3 is 20.2 Å². The van der Waals surface area contributed by atoms with Gasteiger partial charge in [0.05, 0.1) is 0 Å². The van der Waals surface area contributed by atoms with Gasteiger partial charge in [-0.15, -0.1) is 0 Å². The number of rotatable bonds is 4. The van der Waals surface area contributed by atoms with Crippen LogP contribution in [0.2, 0.25) is 5.02 Å². The van der Waals surface area contributed by atoms with Crippen molar-refractivity contribution >= 4 is 40.9 Å². The number of benzene rings is 2. The summed E-state index contributed by atoms with van der Waals surface area (Å²) in [5.41, 5.74) is -0.985. The molecule has 1 fully saturated rings. The third-order valence-corrected chi connectivity index (χ3v) is 7.12. The Morgan fingerprint density at radius 2 is 1.84 bits per heavy atom. The molecule has 3 amide bonds. The summed E-state index contributed by atoms with van der Waals surface area (Å²) < 4.78 is 27.0. The fraction of sp³-hybridized carbons (Fsp3) is 0.385. The maximum absolute atomic E-state index is 13.8. The van der Waals surface area contributed by atoms with Crippen LogP contribution in [0.5, 0.6) is 0 Å². The van der Waals surface area contributed by atoms with Crippen LogP contribution in [0.3, 0.4) is 0 Å². The fourth-order valence-electron chi connectivity index (χ4n) is 5.06. The number of likely N-dealkylation sites (tertiary alicyclic amines) is 1. The Morgan fingerprint density at radius 3 is 2.43 bits per heavy atom. The SMILES string of the molecule is CC(C)(C)C1CN(C(=O)O)CCC12N=C(c1ccc(Cl)cc1)C(=O)N2CC(=O)Nc1ccc(F)c(F)c1. The highest BCUT2D eigenvalue weighted by atomic mass is 35.5. The molecule has 2 aliphatic rings. The Balaban J connectivity index is 1.74. The van der Waals surface area contributed by atoms with Crippen molar-refractivity contribution in [2.45, 2.75) is 32.9 Å². The molecule has 2 unspecified atom stereocenters. The van der Waals surface area contributed by atoms with Crippen LogP contribution in [0.1, 0.15) is 32.8 Å². The van der Waals surface area contributed by atoms with Gasteiger partial charge in [-0.05, 0) is 29.7 Å². The molecule has 0 aliphatic carbocycles. The molecule has 2 heterocycles. The predicted molar refractivity (Wildman–Crippen MR) is 135 cm³/mol. The number of hydrogen-bond donors (Lipinski definition) is 2. The van der Waals surface area contributed by atoms with E-state index in [2.05, 4.69) is 5.32 Å². The van der Waals surface area contributed by atoms with E-state index >= 15 is 0 Å². The van der Waals surface area contributed by atoms with Gasteiger partial charge in [0.1, 0.15) is 17.9 Å². The van der Waals surface area contributed by atoms with Crippen molar-refractivity contribution in [3.05, 3.63) is 64.7 Å². The molecule has 4 rings (SSSR count). The standard InChI is InChI=1S/C26H27ClF2N4O4/c1-25(2,3)20-13-32(24(36)37)11-10-26(20)31-22(15-4-6-16(27)7-5-15)23(35)33(26)14-21(34)30-17-8-9-18(28)19(29)12-17/h4-9,12,20H,10-11,13-14H2,1-3H3,(H,30,34)(H,36,37). The third kappa shape index (κ3) is 5.16. The number of anilines is 1. The Labute approximate surface area is 217 Å². The number of carboxylic acid groups (broad SMARTS) is 1. The van der Waals surface area contributed by atoms with Gasteiger partial charge in [-0.3, -0.25) is 14.6 Å². The maximum Gasteiger partial charge on any atom is 0.407 e. The molecule has 2 aromatic carbocycles. The first-order valence-electron chi connectivity index (χ1n) is 11.7. The van der Waals surface area contributed by atoms with E-state index in [0.717, 1.165) is 12.1 Å². The molecule has 37 heavy (non-hydrogen) atoms. The first-order chi connectivity index (χ1) is 17.3. The lowest BCUT2D eigenvalue weighted by atomic mass is 9.69. The van der Waals surface area contributed by atoms with Crippen LogP contribution in [0, 0.1) is 23.0 Å². The number of carbonyl (C=O) groups excluding carboxylic acids is 2. The van der Waals surface area contributed by atoms with Crippen molar-refractivity contribution in [3.8, 4) is 0 Å². The molecule has 196 valence electrons. The normalized spacial score (nSPS) is 21.8. The van der Waals surface area contributed by atoms with Crippen molar-refractivity contribution in [1.82, 2.24) is 9.80 Å². The molecule has 11 heteroatoms. The van der Waals surface area contributed by atoms with Crippen LogP contribution >= 0.6 is 11.6 Å². The highest BCUT2D eigenvalue weighted by molar-refractivity contribution is 6.47. The first kappa shape index (κ1) is 26.5. The second-order valence-corrected chi connectivity index (χ2v) is 10.7. The number of nitrogens with one attached hydrogen (secondary N) is 1. The van der Waals surface area contributed by atoms with Crippen molar-refractivity contribution in [2.75, 3.05) is 25.0 Å². The van der Waals surface area contributed by atoms with Crippen molar-refractivity contribution in [2.24, 2.45) is 16.3 Å². The lowest BCUT2D eigenvalue weighted by Gasteiger charge is -2.52. The van der Waals surface area contributed by atoms with E-state index in [1.807, 2.05) is 20.8 Å². The van der Waals surface area contributed by atoms with E-state index in [4.69, 9.17) is 16.6 Å². The zero-order valence-electron chi connectivity index (χ0n) is 20.6. The van der Waals surface area contributed by atoms with Crippen molar-refractivity contribution < 1.29 is 28.3 Å². The van der Waals surface area contributed by atoms with Gasteiger partial charge in [0, 0.05) is 47.8 Å². The first-order valence-corrected chi connectivity index (χ1v) is 12.1. The summed E-state index contributed by atoms with van der Waals surface area (Å²) in [5, 5.41) is 12.6. The molecule has 2 aromatic rings. The van der Waals surface area contributed by atoms with E-state index in [-0.39, 0.29) is 30.9 Å². The lowest BCUT2D eigenvalue weighted by molar-refractivity contribution is -0.140. The van der Waals surface area contributed by atoms with E-state index < -0.39 is 53.1 Å². The summed E-state index contributed by atoms with van der Waals surface area (Å²) >= 11 is 6.02. The van der Waals surface area contributed by atoms with Gasteiger partial charge in [0.25, 0.3) is 5.91 Å². The van der Waals surface area contributed by atoms with Crippen LogP contribution in [0.15, 0.2) is 47.5 Å². The number of halogens is 3. The monoisotopic (exact) mass is 532 g/mol. The fourth-order valence-corrected chi connectivity index (χ4v) is 5.18. The summed E-state index contributed by atoms with van der Waals surface area (Å²) in [6.45, 7) is 5.62. The number of aliphatic imine (C=N–C) groups is 1. The molecule has 1 saturated heterocycles. The third-order valence-electron chi connectivity index (χ3n) is 6.87. The molecule has 0 aromatic heterocycles. The summed E-state index contributed by atoms with van der Waals surface area (Å²) in [5.74, 6) is -3.73. The largest absolute Gasteiger partial charge is 0.465 e. The van der Waals surface area contributed by atoms with Gasteiger partial charge in [-0.1, -0.05) is 44.5 Å². The number of carbonyl (C=O) groups is 3. The minimum absolute atomic E-state index is 0.0384. The van der Waals surface area contributed by atoms with Crippen LogP contribution in [-0.4, -0.2) is 63.8 Å². The van der Waals surface area contributed by atoms with Gasteiger partial charge in [0.2, 0.25) is 5.91 Å². The molecule has 8 nitrogen and oxygen atoms in total. The van der Waals surface area contributed by atoms with Crippen LogP contribution in [0.25, 0.3) is 0 Å². The average Bonchev–Trinajstić information content (AvgIpc) is 3.08. The maximum atomic E-state index is 13.8. The molecular formula is C26H27ClF2N4O4. The minimum Gasteiger partial charge on any atom is -0.465 e. The predicted octanol–water partition coefficient (Wildman–Crippen LogP) is 4.63. The molecule has 0 radical (unpaired) electrons. The highest BCUT2D eigenvalue weighted by Crippen LogP contribution is 2.47. The lowest BCUT2D eigenvalue weighted by Crippen LogP contribution is -2.64. The summed E-state index contributed by atoms with van der Waals surface area (Å²) in [4.78, 5) is 46.2. The van der Waals surface area contributed by atoms with Crippen LogP contribution in [-0.2, 0) is 9.59 Å². The summed E-state index contributed by atoms with van der Waals surface area (Å²) in [6.07, 6.45) is -0.888. The molecule has 0 saturated carbocycles. The number of hydrogen-bond acceptors (Lipinski definition) is 4. The van der Waals surface area contributed by atoms with Crippen molar-refractivity contribution in [1.29, 1.82) is 0 Å². The summed E-state index contributed by atoms with van der Waals surface area (Å²) in [7, 11) is 0. The van der Waals surface area contributed by atoms with Gasteiger partial charge >= 0.3 is 6.09 Å². The highest BCUT2D eigenvalue weighted by Gasteiger charge is 2.58. The Hall–Kier alpha value is -3.53. The minimum atomic E-state index is -1.19. The van der Waals surface area contributed by atoms with Gasteiger partial charge in [0.15, 0.2) is 11.6 Å². The summed E-state index contributed by atoms with van der Waals surface area (Å²) in [6, 6.07) is 9.56. The molecule has 2 atom stereocenters. The molecule has 0 bridgehead atoms. The Bertz CT molecular complexity index is 1280. The zero-order valence-corrected chi connectivity index (χ0v) is 21.4. The molecule has 2 N–H and O–H groups in total. The topological polar surface area (TPSA) is 102 Å². The molecule has 1 spiro atoms. The molecular weight excluding hydrogens is 506 g/mol. The smallest absolute Gasteiger partial charge is 0.407 e. The zero-order chi connectivity index (χ0) is 27.1.